The van der Waals surface area contributed by atoms with Gasteiger partial charge in [-0.3, -0.25) is 4.79 Å². The maximum Gasteiger partial charge on any atom is 0.317 e. The fourth-order valence-electron chi connectivity index (χ4n) is 3.29. The molecule has 1 N–H and O–H groups in total. The Morgan fingerprint density at radius 2 is 1.93 bits per heavy atom. The van der Waals surface area contributed by atoms with Gasteiger partial charge in [0.2, 0.25) is 5.91 Å². The predicted octanol–water partition coefficient (Wildman–Crippen LogP) is 3.58. The lowest BCUT2D eigenvalue weighted by molar-refractivity contribution is -0.136. The van der Waals surface area contributed by atoms with Crippen molar-refractivity contribution in [3.05, 3.63) is 57.2 Å². The molecule has 3 amide bonds. The Bertz CT molecular complexity index is 809. The maximum atomic E-state index is 13.1. The summed E-state index contributed by atoms with van der Waals surface area (Å²) in [6.45, 7) is 5.50. The second-order valence-corrected chi connectivity index (χ2v) is 8.61. The number of urea groups is 1. The first kappa shape index (κ1) is 21.6. The molecule has 29 heavy (non-hydrogen) atoms. The fraction of sp³-hybridized carbons (Fsp3) is 0.429. The molecule has 1 aliphatic heterocycles. The van der Waals surface area contributed by atoms with Gasteiger partial charge in [0.1, 0.15) is 0 Å². The largest absolute Gasteiger partial charge is 0.378 e. The van der Waals surface area contributed by atoms with Crippen LogP contribution in [0.4, 0.5) is 4.79 Å². The van der Waals surface area contributed by atoms with Crippen LogP contribution >= 0.6 is 22.9 Å². The summed E-state index contributed by atoms with van der Waals surface area (Å²) in [6.07, 6.45) is 0. The highest BCUT2D eigenvalue weighted by molar-refractivity contribution is 7.16. The normalized spacial score (nSPS) is 15.0. The van der Waals surface area contributed by atoms with Gasteiger partial charge in [-0.15, -0.1) is 11.3 Å². The van der Waals surface area contributed by atoms with Crippen molar-refractivity contribution in [2.45, 2.75) is 19.4 Å². The van der Waals surface area contributed by atoms with Crippen LogP contribution in [0.5, 0.6) is 0 Å². The minimum absolute atomic E-state index is 0.0212. The van der Waals surface area contributed by atoms with Crippen molar-refractivity contribution in [3.63, 3.8) is 0 Å². The molecular weight excluding hydrogens is 410 g/mol. The first-order valence-corrected chi connectivity index (χ1v) is 11.0. The Morgan fingerprint density at radius 3 is 2.55 bits per heavy atom. The highest BCUT2D eigenvalue weighted by Gasteiger charge is 2.28. The molecule has 3 rings (SSSR count). The molecule has 6 nitrogen and oxygen atoms in total. The van der Waals surface area contributed by atoms with Crippen molar-refractivity contribution in [3.8, 4) is 0 Å². The van der Waals surface area contributed by atoms with E-state index in [2.05, 4.69) is 5.32 Å². The summed E-state index contributed by atoms with van der Waals surface area (Å²) in [5, 5.41) is 2.96. The number of thiophene rings is 1. The summed E-state index contributed by atoms with van der Waals surface area (Å²) in [4.78, 5) is 30.5. The van der Waals surface area contributed by atoms with Crippen LogP contribution in [0.1, 0.15) is 23.3 Å². The zero-order chi connectivity index (χ0) is 20.6. The first-order valence-electron chi connectivity index (χ1n) is 9.77. The van der Waals surface area contributed by atoms with Crippen LogP contribution in [-0.2, 0) is 16.1 Å². The maximum absolute atomic E-state index is 13.1. The number of carbonyl (C=O) groups is 2. The van der Waals surface area contributed by atoms with E-state index in [1.165, 1.54) is 11.3 Å². The van der Waals surface area contributed by atoms with Crippen LogP contribution in [0.15, 0.2) is 42.5 Å². The van der Waals surface area contributed by atoms with Gasteiger partial charge in [0.25, 0.3) is 0 Å². The summed E-state index contributed by atoms with van der Waals surface area (Å²) in [5.41, 5.74) is 0.900. The van der Waals surface area contributed by atoms with Gasteiger partial charge in [-0.1, -0.05) is 41.9 Å². The number of rotatable bonds is 7. The van der Waals surface area contributed by atoms with Crippen molar-refractivity contribution < 1.29 is 14.3 Å². The van der Waals surface area contributed by atoms with E-state index in [1.54, 1.807) is 4.90 Å². The van der Waals surface area contributed by atoms with Gasteiger partial charge in [0.05, 0.1) is 30.0 Å². The molecular formula is C21H26ClN3O3S. The highest BCUT2D eigenvalue weighted by Crippen LogP contribution is 2.23. The van der Waals surface area contributed by atoms with Gasteiger partial charge in [-0.25, -0.2) is 4.79 Å². The topological polar surface area (TPSA) is 61.9 Å². The number of nitrogens with one attached hydrogen (secondary N) is 1. The molecule has 0 radical (unpaired) electrons. The predicted molar refractivity (Wildman–Crippen MR) is 115 cm³/mol. The third-order valence-electron chi connectivity index (χ3n) is 4.92. The Hall–Kier alpha value is -2.09. The summed E-state index contributed by atoms with van der Waals surface area (Å²) in [5.74, 6) is -0.402. The molecule has 1 aromatic heterocycles. The lowest BCUT2D eigenvalue weighted by Gasteiger charge is -2.31. The van der Waals surface area contributed by atoms with Crippen LogP contribution in [0.3, 0.4) is 0 Å². The molecule has 1 aromatic carbocycles. The standard InChI is InChI=1S/C21H26ClN3O3S/c1-2-24(15-17-8-9-19(22)29-17)21(27)23-14-18(16-6-4-3-5-7-16)20(26)25-10-12-28-13-11-25/h3-9,18H,2,10-15H2,1H3,(H,23,27). The molecule has 2 heterocycles. The lowest BCUT2D eigenvalue weighted by Crippen LogP contribution is -2.47. The monoisotopic (exact) mass is 435 g/mol. The second-order valence-electron chi connectivity index (χ2n) is 6.81. The van der Waals surface area contributed by atoms with Gasteiger partial charge in [0, 0.05) is 31.1 Å². The Kier molecular flexibility index (Phi) is 7.91. The van der Waals surface area contributed by atoms with Gasteiger partial charge in [-0.05, 0) is 24.6 Å². The van der Waals surface area contributed by atoms with E-state index in [1.807, 2.05) is 54.3 Å². The molecule has 8 heteroatoms. The first-order chi connectivity index (χ1) is 14.1. The van der Waals surface area contributed by atoms with Gasteiger partial charge >= 0.3 is 6.03 Å². The summed E-state index contributed by atoms with van der Waals surface area (Å²) in [7, 11) is 0. The molecule has 0 bridgehead atoms. The number of ether oxygens (including phenoxy) is 1. The van der Waals surface area contributed by atoms with E-state index >= 15 is 0 Å². The van der Waals surface area contributed by atoms with Crippen molar-refractivity contribution in [2.75, 3.05) is 39.4 Å². The number of halogens is 1. The molecule has 1 fully saturated rings. The number of benzene rings is 1. The number of amides is 3. The van der Waals surface area contributed by atoms with Gasteiger partial charge in [-0.2, -0.15) is 0 Å². The average molecular weight is 436 g/mol. The number of nitrogens with zero attached hydrogens (tertiary/aromatic N) is 2. The van der Waals surface area contributed by atoms with E-state index in [0.717, 1.165) is 10.4 Å². The zero-order valence-corrected chi connectivity index (χ0v) is 18.0. The van der Waals surface area contributed by atoms with E-state index in [0.29, 0.717) is 43.7 Å². The van der Waals surface area contributed by atoms with Crippen molar-refractivity contribution in [2.24, 2.45) is 0 Å². The van der Waals surface area contributed by atoms with E-state index < -0.39 is 5.92 Å². The van der Waals surface area contributed by atoms with Gasteiger partial charge in [0.15, 0.2) is 0 Å². The van der Waals surface area contributed by atoms with Crippen LogP contribution in [-0.4, -0.2) is 61.1 Å². The minimum atomic E-state index is -0.423. The Balaban J connectivity index is 1.66. The number of hydrogen-bond acceptors (Lipinski definition) is 4. The molecule has 0 spiro atoms. The molecule has 156 valence electrons. The smallest absolute Gasteiger partial charge is 0.317 e. The van der Waals surface area contributed by atoms with E-state index in [4.69, 9.17) is 16.3 Å². The average Bonchev–Trinajstić information content (AvgIpc) is 3.18. The third-order valence-corrected chi connectivity index (χ3v) is 6.14. The molecule has 0 aliphatic carbocycles. The van der Waals surface area contributed by atoms with Crippen molar-refractivity contribution in [1.29, 1.82) is 0 Å². The second kappa shape index (κ2) is 10.6. The van der Waals surface area contributed by atoms with Crippen LogP contribution < -0.4 is 5.32 Å². The van der Waals surface area contributed by atoms with E-state index in [-0.39, 0.29) is 18.5 Å². The van der Waals surface area contributed by atoms with E-state index in [9.17, 15) is 9.59 Å². The van der Waals surface area contributed by atoms with Crippen LogP contribution in [0, 0.1) is 0 Å². The Labute approximate surface area is 180 Å². The third kappa shape index (κ3) is 5.95. The minimum Gasteiger partial charge on any atom is -0.378 e. The SMILES string of the molecule is CCN(Cc1ccc(Cl)s1)C(=O)NCC(C(=O)N1CCOCC1)c1ccccc1. The summed E-state index contributed by atoms with van der Waals surface area (Å²) in [6, 6.07) is 13.2. The van der Waals surface area contributed by atoms with Crippen LogP contribution in [0.25, 0.3) is 0 Å². The number of carbonyl (C=O) groups excluding carboxylic acids is 2. The molecule has 1 saturated heterocycles. The molecule has 2 aromatic rings. The van der Waals surface area contributed by atoms with Crippen molar-refractivity contribution in [1.82, 2.24) is 15.1 Å². The molecule has 1 aliphatic rings. The lowest BCUT2D eigenvalue weighted by atomic mass is 9.97. The zero-order valence-electron chi connectivity index (χ0n) is 16.5. The Morgan fingerprint density at radius 1 is 1.21 bits per heavy atom. The molecule has 1 atom stereocenters. The van der Waals surface area contributed by atoms with Crippen molar-refractivity contribution >= 4 is 34.9 Å². The summed E-state index contributed by atoms with van der Waals surface area (Å²) >= 11 is 7.46. The van der Waals surface area contributed by atoms with Gasteiger partial charge < -0.3 is 19.9 Å². The number of morpholine rings is 1. The quantitative estimate of drug-likeness (QED) is 0.723. The summed E-state index contributed by atoms with van der Waals surface area (Å²) < 4.78 is 6.06. The fourth-order valence-corrected chi connectivity index (χ4v) is 4.39. The molecule has 1 unspecified atom stereocenters. The number of hydrogen-bond donors (Lipinski definition) is 1. The molecule has 0 saturated carbocycles. The van der Waals surface area contributed by atoms with Crippen LogP contribution in [0.2, 0.25) is 4.34 Å². The highest BCUT2D eigenvalue weighted by atomic mass is 35.5.